The van der Waals surface area contributed by atoms with E-state index in [1.807, 2.05) is 0 Å². The SMILES string of the molecule is C=C(/N=C(\C)C(C)(C)F)C1=CC=C(CCN)CC1CC. The molecule has 1 unspecified atom stereocenters. The zero-order valence-electron chi connectivity index (χ0n) is 13.2. The number of nitrogens with two attached hydrogens (primary N) is 1. The Morgan fingerprint density at radius 2 is 2.15 bits per heavy atom. The first-order valence-electron chi connectivity index (χ1n) is 7.33. The molecular weight excluding hydrogens is 251 g/mol. The highest BCUT2D eigenvalue weighted by atomic mass is 19.1. The summed E-state index contributed by atoms with van der Waals surface area (Å²) in [6.07, 6.45) is 7.16. The highest BCUT2D eigenvalue weighted by Crippen LogP contribution is 2.33. The second-order valence-corrected chi connectivity index (χ2v) is 5.91. The number of rotatable bonds is 6. The molecule has 0 heterocycles. The molecule has 0 aliphatic heterocycles. The minimum atomic E-state index is -1.40. The lowest BCUT2D eigenvalue weighted by molar-refractivity contribution is 0.312. The summed E-state index contributed by atoms with van der Waals surface area (Å²) in [6.45, 7) is 11.6. The quantitative estimate of drug-likeness (QED) is 0.721. The van der Waals surface area contributed by atoms with Crippen molar-refractivity contribution in [3.8, 4) is 0 Å². The maximum atomic E-state index is 13.8. The molecule has 0 radical (unpaired) electrons. The van der Waals surface area contributed by atoms with Gasteiger partial charge >= 0.3 is 0 Å². The van der Waals surface area contributed by atoms with E-state index in [-0.39, 0.29) is 0 Å². The lowest BCUT2D eigenvalue weighted by Crippen LogP contribution is -2.23. The maximum absolute atomic E-state index is 13.8. The number of aliphatic imine (C=N–C) groups is 1. The zero-order chi connectivity index (χ0) is 15.3. The van der Waals surface area contributed by atoms with E-state index in [1.165, 1.54) is 19.4 Å². The normalized spacial score (nSPS) is 20.5. The summed E-state index contributed by atoms with van der Waals surface area (Å²) < 4.78 is 13.8. The molecule has 0 aromatic carbocycles. The molecule has 0 saturated heterocycles. The average Bonchev–Trinajstić information content (AvgIpc) is 2.37. The van der Waals surface area contributed by atoms with Crippen LogP contribution in [-0.4, -0.2) is 17.9 Å². The van der Waals surface area contributed by atoms with Crippen molar-refractivity contribution in [2.75, 3.05) is 6.54 Å². The van der Waals surface area contributed by atoms with Gasteiger partial charge in [0.15, 0.2) is 0 Å². The number of allylic oxidation sites excluding steroid dienone is 3. The highest BCUT2D eigenvalue weighted by molar-refractivity contribution is 5.90. The van der Waals surface area contributed by atoms with E-state index >= 15 is 0 Å². The van der Waals surface area contributed by atoms with Crippen molar-refractivity contribution in [3.63, 3.8) is 0 Å². The Morgan fingerprint density at radius 3 is 2.65 bits per heavy atom. The molecule has 0 fully saturated rings. The van der Waals surface area contributed by atoms with Crippen LogP contribution < -0.4 is 5.73 Å². The van der Waals surface area contributed by atoms with Crippen LogP contribution in [0.2, 0.25) is 0 Å². The molecule has 20 heavy (non-hydrogen) atoms. The van der Waals surface area contributed by atoms with Crippen LogP contribution in [0.15, 0.2) is 40.6 Å². The van der Waals surface area contributed by atoms with Gasteiger partial charge in [-0.25, -0.2) is 4.39 Å². The van der Waals surface area contributed by atoms with Crippen molar-refractivity contribution >= 4 is 5.71 Å². The molecule has 1 aliphatic carbocycles. The van der Waals surface area contributed by atoms with Crippen molar-refractivity contribution in [1.29, 1.82) is 0 Å². The van der Waals surface area contributed by atoms with Crippen LogP contribution >= 0.6 is 0 Å². The molecule has 3 heteroatoms. The van der Waals surface area contributed by atoms with Crippen LogP contribution in [0, 0.1) is 5.92 Å². The van der Waals surface area contributed by atoms with Crippen LogP contribution in [0.5, 0.6) is 0 Å². The number of nitrogens with zero attached hydrogens (tertiary/aromatic N) is 1. The summed E-state index contributed by atoms with van der Waals surface area (Å²) in [4.78, 5) is 4.37. The summed E-state index contributed by atoms with van der Waals surface area (Å²) in [5.74, 6) is 0.410. The van der Waals surface area contributed by atoms with Gasteiger partial charge in [-0.3, -0.25) is 4.99 Å². The number of halogens is 1. The fourth-order valence-electron chi connectivity index (χ4n) is 2.30. The van der Waals surface area contributed by atoms with Crippen LogP contribution in [0.4, 0.5) is 4.39 Å². The third kappa shape index (κ3) is 4.41. The smallest absolute Gasteiger partial charge is 0.143 e. The maximum Gasteiger partial charge on any atom is 0.143 e. The van der Waals surface area contributed by atoms with E-state index in [0.29, 0.717) is 23.9 Å². The zero-order valence-corrected chi connectivity index (χ0v) is 13.2. The Kier molecular flexibility index (Phi) is 5.88. The Bertz CT molecular complexity index is 450. The van der Waals surface area contributed by atoms with Crippen molar-refractivity contribution in [2.45, 2.75) is 52.6 Å². The third-order valence-corrected chi connectivity index (χ3v) is 3.90. The summed E-state index contributed by atoms with van der Waals surface area (Å²) in [5.41, 5.74) is 7.86. The van der Waals surface area contributed by atoms with Crippen molar-refractivity contribution in [2.24, 2.45) is 16.6 Å². The molecule has 0 bridgehead atoms. The first kappa shape index (κ1) is 16.8. The van der Waals surface area contributed by atoms with E-state index in [4.69, 9.17) is 5.73 Å². The van der Waals surface area contributed by atoms with E-state index < -0.39 is 5.67 Å². The van der Waals surface area contributed by atoms with Gasteiger partial charge in [-0.05, 0) is 58.1 Å². The first-order valence-corrected chi connectivity index (χ1v) is 7.33. The molecule has 2 N–H and O–H groups in total. The Morgan fingerprint density at radius 1 is 1.50 bits per heavy atom. The second kappa shape index (κ2) is 6.98. The largest absolute Gasteiger partial charge is 0.330 e. The van der Waals surface area contributed by atoms with Gasteiger partial charge in [0, 0.05) is 0 Å². The van der Waals surface area contributed by atoms with E-state index in [9.17, 15) is 4.39 Å². The van der Waals surface area contributed by atoms with Crippen molar-refractivity contribution < 1.29 is 4.39 Å². The van der Waals surface area contributed by atoms with Gasteiger partial charge in [0.05, 0.1) is 11.4 Å². The Labute approximate surface area is 122 Å². The minimum absolute atomic E-state index is 0.410. The van der Waals surface area contributed by atoms with Crippen molar-refractivity contribution in [1.82, 2.24) is 0 Å². The number of hydrogen-bond acceptors (Lipinski definition) is 2. The highest BCUT2D eigenvalue weighted by Gasteiger charge is 2.23. The van der Waals surface area contributed by atoms with Gasteiger partial charge in [-0.2, -0.15) is 0 Å². The molecule has 0 saturated carbocycles. The molecular formula is C17H27FN2. The predicted octanol–water partition coefficient (Wildman–Crippen LogP) is 4.34. The molecule has 1 aliphatic rings. The summed E-state index contributed by atoms with van der Waals surface area (Å²) in [7, 11) is 0. The summed E-state index contributed by atoms with van der Waals surface area (Å²) in [5, 5.41) is 0. The van der Waals surface area contributed by atoms with Crippen LogP contribution in [0.3, 0.4) is 0 Å². The van der Waals surface area contributed by atoms with Crippen LogP contribution in [-0.2, 0) is 0 Å². The Hall–Kier alpha value is -1.22. The van der Waals surface area contributed by atoms with Crippen LogP contribution in [0.1, 0.15) is 47.0 Å². The average molecular weight is 278 g/mol. The first-order chi connectivity index (χ1) is 9.29. The minimum Gasteiger partial charge on any atom is -0.330 e. The van der Waals surface area contributed by atoms with Gasteiger partial charge in [0.25, 0.3) is 0 Å². The van der Waals surface area contributed by atoms with Gasteiger partial charge < -0.3 is 5.73 Å². The lowest BCUT2D eigenvalue weighted by Gasteiger charge is -2.25. The standard InChI is InChI=1S/C17H27FN2/c1-6-15-11-14(9-10-19)7-8-16(15)12(2)20-13(3)17(4,5)18/h7-8,15H,2,6,9-11,19H2,1,3-5H3/b20-13+. The molecule has 0 aromatic rings. The third-order valence-electron chi connectivity index (χ3n) is 3.90. The molecule has 112 valence electrons. The topological polar surface area (TPSA) is 38.4 Å². The molecule has 0 amide bonds. The summed E-state index contributed by atoms with van der Waals surface area (Å²) >= 11 is 0. The van der Waals surface area contributed by atoms with E-state index in [0.717, 1.165) is 24.8 Å². The molecule has 0 aromatic heterocycles. The number of alkyl halides is 1. The van der Waals surface area contributed by atoms with Gasteiger partial charge in [0.1, 0.15) is 5.67 Å². The monoisotopic (exact) mass is 278 g/mol. The van der Waals surface area contributed by atoms with Crippen LogP contribution in [0.25, 0.3) is 0 Å². The molecule has 2 nitrogen and oxygen atoms in total. The van der Waals surface area contributed by atoms with E-state index in [2.05, 4.69) is 30.6 Å². The van der Waals surface area contributed by atoms with Gasteiger partial charge in [-0.15, -0.1) is 0 Å². The molecule has 1 atom stereocenters. The van der Waals surface area contributed by atoms with E-state index in [1.54, 1.807) is 6.92 Å². The van der Waals surface area contributed by atoms with Gasteiger partial charge in [-0.1, -0.05) is 31.2 Å². The van der Waals surface area contributed by atoms with Crippen molar-refractivity contribution in [3.05, 3.63) is 35.6 Å². The predicted molar refractivity (Wildman–Crippen MR) is 85.7 cm³/mol. The second-order valence-electron chi connectivity index (χ2n) is 5.91. The molecule has 0 spiro atoms. The van der Waals surface area contributed by atoms with Gasteiger partial charge in [0.2, 0.25) is 0 Å². The fourth-order valence-corrected chi connectivity index (χ4v) is 2.30. The summed E-state index contributed by atoms with van der Waals surface area (Å²) in [6, 6.07) is 0. The molecule has 1 rings (SSSR count). The number of hydrogen-bond donors (Lipinski definition) is 1. The Balaban J connectivity index is 2.96. The fraction of sp³-hybridized carbons (Fsp3) is 0.588. The lowest BCUT2D eigenvalue weighted by atomic mass is 9.83.